The molecule has 0 aliphatic heterocycles. The lowest BCUT2D eigenvalue weighted by atomic mass is 9.71. The number of rotatable bonds is 0. The molecule has 0 aromatic heterocycles. The van der Waals surface area contributed by atoms with E-state index in [1.54, 1.807) is 0 Å². The molecule has 11 heavy (non-hydrogen) atoms. The Balaban J connectivity index is 0.000000605. The smallest absolute Gasteiger partial charge is 0.0209 e. The highest BCUT2D eigenvalue weighted by Crippen LogP contribution is 2.54. The normalized spacial score (nSPS) is 35.4. The van der Waals surface area contributed by atoms with E-state index in [0.717, 1.165) is 0 Å². The maximum Gasteiger partial charge on any atom is 0.0209 e. The minimum atomic E-state index is 0. The zero-order valence-electron chi connectivity index (χ0n) is 7.44. The molecule has 0 aromatic carbocycles. The molecule has 2 aliphatic carbocycles. The summed E-state index contributed by atoms with van der Waals surface area (Å²) in [6.07, 6.45) is 6.65. The van der Waals surface area contributed by atoms with Crippen molar-refractivity contribution < 1.29 is 0 Å². The van der Waals surface area contributed by atoms with Gasteiger partial charge in [0.05, 0.1) is 0 Å². The van der Waals surface area contributed by atoms with Crippen LogP contribution in [0.1, 0.15) is 20.8 Å². The number of hydrogen-bond donors (Lipinski definition) is 1. The fraction of sp³-hybridized carbons (Fsp3) is 0.500. The van der Waals surface area contributed by atoms with Crippen LogP contribution in [0.25, 0.3) is 0 Å². The fourth-order valence-electron chi connectivity index (χ4n) is 1.65. The molecular weight excluding hydrogens is 134 g/mol. The van der Waals surface area contributed by atoms with E-state index in [1.165, 1.54) is 5.57 Å². The van der Waals surface area contributed by atoms with Crippen LogP contribution in [-0.2, 0) is 0 Å². The summed E-state index contributed by atoms with van der Waals surface area (Å²) in [6, 6.07) is 0. The number of allylic oxidation sites excluding steroid dienone is 3. The van der Waals surface area contributed by atoms with Crippen molar-refractivity contribution in [2.45, 2.75) is 20.8 Å². The predicted molar refractivity (Wildman–Crippen MR) is 47.6 cm³/mol. The second kappa shape index (κ2) is 1.88. The van der Waals surface area contributed by atoms with Crippen LogP contribution in [0.4, 0.5) is 0 Å². The second-order valence-corrected chi connectivity index (χ2v) is 3.94. The zero-order valence-corrected chi connectivity index (χ0v) is 7.44. The van der Waals surface area contributed by atoms with Gasteiger partial charge in [0.25, 0.3) is 0 Å². The summed E-state index contributed by atoms with van der Waals surface area (Å²) in [6.45, 7) is 6.81. The average molecular weight is 149 g/mol. The van der Waals surface area contributed by atoms with Crippen molar-refractivity contribution in [3.63, 3.8) is 0 Å². The fourth-order valence-corrected chi connectivity index (χ4v) is 1.65. The molecular formula is C10H15N. The largest absolute Gasteiger partial charge is 0.344 e. The van der Waals surface area contributed by atoms with E-state index in [2.05, 4.69) is 44.7 Å². The van der Waals surface area contributed by atoms with E-state index in [9.17, 15) is 0 Å². The molecule has 0 saturated heterocycles. The van der Waals surface area contributed by atoms with Crippen molar-refractivity contribution >= 4 is 0 Å². The minimum Gasteiger partial charge on any atom is -0.344 e. The van der Waals surface area contributed by atoms with Crippen molar-refractivity contribution in [1.82, 2.24) is 6.15 Å². The lowest BCUT2D eigenvalue weighted by Crippen LogP contribution is -2.25. The van der Waals surface area contributed by atoms with Gasteiger partial charge in [0, 0.05) is 16.4 Å². The minimum absolute atomic E-state index is 0. The van der Waals surface area contributed by atoms with Gasteiger partial charge >= 0.3 is 0 Å². The van der Waals surface area contributed by atoms with Gasteiger partial charge in [-0.3, -0.25) is 0 Å². The monoisotopic (exact) mass is 149 g/mol. The van der Waals surface area contributed by atoms with E-state index < -0.39 is 0 Å². The molecule has 0 fully saturated rings. The Morgan fingerprint density at radius 1 is 1.27 bits per heavy atom. The molecule has 2 rings (SSSR count). The van der Waals surface area contributed by atoms with Gasteiger partial charge in [0.1, 0.15) is 0 Å². The van der Waals surface area contributed by atoms with Crippen LogP contribution in [0.5, 0.6) is 0 Å². The number of fused-ring (bicyclic) bond motifs is 2. The quantitative estimate of drug-likeness (QED) is 0.528. The summed E-state index contributed by atoms with van der Waals surface area (Å²) in [5.41, 5.74) is 5.20. The van der Waals surface area contributed by atoms with E-state index in [0.29, 0.717) is 5.41 Å². The Bertz CT molecular complexity index is 277. The van der Waals surface area contributed by atoms with E-state index >= 15 is 0 Å². The summed E-state index contributed by atoms with van der Waals surface area (Å²) >= 11 is 0. The summed E-state index contributed by atoms with van der Waals surface area (Å²) in [4.78, 5) is 0. The van der Waals surface area contributed by atoms with Crippen LogP contribution >= 0.6 is 0 Å². The molecule has 2 aliphatic rings. The van der Waals surface area contributed by atoms with Gasteiger partial charge in [-0.05, 0) is 6.08 Å². The molecule has 1 unspecified atom stereocenters. The first-order valence-electron chi connectivity index (χ1n) is 3.74. The third kappa shape index (κ3) is 0.699. The number of hydrogen-bond acceptors (Lipinski definition) is 1. The molecule has 0 radical (unpaired) electrons. The van der Waals surface area contributed by atoms with Crippen LogP contribution in [0, 0.1) is 10.8 Å². The Labute approximate surface area is 68.1 Å². The molecule has 1 atom stereocenters. The Kier molecular flexibility index (Phi) is 1.42. The first kappa shape index (κ1) is 8.32. The van der Waals surface area contributed by atoms with Crippen molar-refractivity contribution in [3.8, 4) is 0 Å². The van der Waals surface area contributed by atoms with Gasteiger partial charge in [0.2, 0.25) is 0 Å². The molecule has 2 bridgehead atoms. The van der Waals surface area contributed by atoms with Crippen LogP contribution in [0.15, 0.2) is 29.5 Å². The van der Waals surface area contributed by atoms with Crippen molar-refractivity contribution in [1.29, 1.82) is 0 Å². The predicted octanol–water partition coefficient (Wildman–Crippen LogP) is 2.85. The lowest BCUT2D eigenvalue weighted by Gasteiger charge is -2.31. The summed E-state index contributed by atoms with van der Waals surface area (Å²) in [5, 5.41) is 0. The van der Waals surface area contributed by atoms with E-state index in [4.69, 9.17) is 0 Å². The first-order valence-corrected chi connectivity index (χ1v) is 3.74. The highest BCUT2D eigenvalue weighted by atomic mass is 14.5. The van der Waals surface area contributed by atoms with Crippen LogP contribution in [-0.4, -0.2) is 0 Å². The highest BCUT2D eigenvalue weighted by Gasteiger charge is 2.46. The Morgan fingerprint density at radius 3 is 2.00 bits per heavy atom. The van der Waals surface area contributed by atoms with Crippen LogP contribution in [0.2, 0.25) is 0 Å². The molecule has 0 heterocycles. The third-order valence-electron chi connectivity index (χ3n) is 3.14. The highest BCUT2D eigenvalue weighted by molar-refractivity contribution is 5.45. The molecule has 0 aromatic rings. The standard InChI is InChI=1S/C10H12.H3N/c1-9(2)8-4-6-10(9,3)7-5-8;/h4,6-7H,1-3H3;1H3. The molecule has 0 saturated carbocycles. The van der Waals surface area contributed by atoms with E-state index in [1.807, 2.05) is 0 Å². The van der Waals surface area contributed by atoms with Gasteiger partial charge in [-0.15, -0.1) is 5.73 Å². The molecule has 0 amide bonds. The molecule has 60 valence electrons. The Morgan fingerprint density at radius 2 is 1.91 bits per heavy atom. The van der Waals surface area contributed by atoms with Gasteiger partial charge in [0.15, 0.2) is 0 Å². The molecule has 1 nitrogen and oxygen atoms in total. The van der Waals surface area contributed by atoms with E-state index in [-0.39, 0.29) is 11.6 Å². The summed E-state index contributed by atoms with van der Waals surface area (Å²) in [7, 11) is 0. The first-order chi connectivity index (χ1) is 4.56. The molecule has 1 heteroatoms. The van der Waals surface area contributed by atoms with Gasteiger partial charge in [-0.2, -0.15) is 0 Å². The van der Waals surface area contributed by atoms with Crippen molar-refractivity contribution in [2.24, 2.45) is 10.8 Å². The van der Waals surface area contributed by atoms with Gasteiger partial charge < -0.3 is 6.15 Å². The SMILES string of the molecule is CC12C=C=C(C=C1)C2(C)C.N. The molecule has 3 N–H and O–H groups in total. The summed E-state index contributed by atoms with van der Waals surface area (Å²) in [5.74, 6) is 0. The zero-order chi connectivity index (χ0) is 7.41. The van der Waals surface area contributed by atoms with Gasteiger partial charge in [-0.1, -0.05) is 32.9 Å². The van der Waals surface area contributed by atoms with Gasteiger partial charge in [-0.25, -0.2) is 0 Å². The average Bonchev–Trinajstić information content (AvgIpc) is 2.18. The maximum atomic E-state index is 3.29. The molecule has 0 spiro atoms. The lowest BCUT2D eigenvalue weighted by molar-refractivity contribution is 0.288. The topological polar surface area (TPSA) is 35.0 Å². The van der Waals surface area contributed by atoms with Crippen molar-refractivity contribution in [3.05, 3.63) is 29.5 Å². The summed E-state index contributed by atoms with van der Waals surface area (Å²) < 4.78 is 0. The van der Waals surface area contributed by atoms with Crippen LogP contribution < -0.4 is 6.15 Å². The van der Waals surface area contributed by atoms with Crippen LogP contribution in [0.3, 0.4) is 0 Å². The maximum absolute atomic E-state index is 3.29. The Hall–Kier alpha value is -0.780. The van der Waals surface area contributed by atoms with Crippen molar-refractivity contribution in [2.75, 3.05) is 0 Å². The third-order valence-corrected chi connectivity index (χ3v) is 3.14. The second-order valence-electron chi connectivity index (χ2n) is 3.94.